The number of benzene rings is 1. The van der Waals surface area contributed by atoms with Crippen molar-refractivity contribution in [3.05, 3.63) is 64.6 Å². The summed E-state index contributed by atoms with van der Waals surface area (Å²) >= 11 is 6.31. The molecule has 3 aromatic rings. The van der Waals surface area contributed by atoms with Gasteiger partial charge in [-0.2, -0.15) is 0 Å². The van der Waals surface area contributed by atoms with Crippen molar-refractivity contribution in [2.45, 2.75) is 50.6 Å². The van der Waals surface area contributed by atoms with Crippen LogP contribution in [-0.2, 0) is 13.1 Å². The van der Waals surface area contributed by atoms with Crippen molar-refractivity contribution >= 4 is 17.4 Å². The SMILES string of the molecule is Fc1ccc(N2CC3(CC(c4nnc5n4-c4ccc(Cl)cc4CN(CC(F)(F)C4CC4)C5)C3)C2)nc1. The molecule has 7 rings (SSSR count). The molecule has 0 amide bonds. The van der Waals surface area contributed by atoms with Crippen LogP contribution in [0.2, 0.25) is 5.02 Å². The van der Waals surface area contributed by atoms with E-state index in [-0.39, 0.29) is 23.7 Å². The van der Waals surface area contributed by atoms with Gasteiger partial charge in [0.1, 0.15) is 17.5 Å². The zero-order valence-electron chi connectivity index (χ0n) is 19.7. The lowest BCUT2D eigenvalue weighted by atomic mass is 9.57. The van der Waals surface area contributed by atoms with Gasteiger partial charge >= 0.3 is 0 Å². The average molecular weight is 515 g/mol. The zero-order chi connectivity index (χ0) is 24.7. The molecule has 10 heteroatoms. The Morgan fingerprint density at radius 2 is 1.86 bits per heavy atom. The average Bonchev–Trinajstić information content (AvgIpc) is 3.58. The molecule has 0 radical (unpaired) electrons. The maximum atomic E-state index is 14.7. The second kappa shape index (κ2) is 7.92. The standard InChI is InChI=1S/C26H26ClF3N6/c27-19-3-5-21-16(7-19)11-34(15-26(29,30)18-1-2-18)12-23-32-33-24(36(21)23)17-8-25(9-17)13-35(14-25)22-6-4-20(28)10-31-22/h3-7,10,17-18H,1-2,8-9,11-15H2. The van der Waals surface area contributed by atoms with Crippen LogP contribution >= 0.6 is 11.6 Å². The Labute approximate surface area is 212 Å². The van der Waals surface area contributed by atoms with E-state index >= 15 is 0 Å². The molecular formula is C26H26ClF3N6. The summed E-state index contributed by atoms with van der Waals surface area (Å²) in [6.07, 6.45) is 4.41. The predicted octanol–water partition coefficient (Wildman–Crippen LogP) is 5.20. The molecule has 3 fully saturated rings. The van der Waals surface area contributed by atoms with Crippen molar-refractivity contribution in [2.24, 2.45) is 11.3 Å². The maximum Gasteiger partial charge on any atom is 0.263 e. The molecule has 4 heterocycles. The van der Waals surface area contributed by atoms with Crippen LogP contribution in [0.15, 0.2) is 36.5 Å². The van der Waals surface area contributed by atoms with E-state index in [1.54, 1.807) is 11.0 Å². The number of halogens is 4. The molecule has 0 atom stereocenters. The fraction of sp³-hybridized carbons (Fsp3) is 0.500. The second-order valence-electron chi connectivity index (χ2n) is 11.1. The zero-order valence-corrected chi connectivity index (χ0v) is 20.4. The van der Waals surface area contributed by atoms with Crippen LogP contribution < -0.4 is 4.90 Å². The number of aromatic nitrogens is 4. The van der Waals surface area contributed by atoms with Gasteiger partial charge < -0.3 is 4.90 Å². The Bertz CT molecular complexity index is 1310. The summed E-state index contributed by atoms with van der Waals surface area (Å²) in [4.78, 5) is 8.16. The van der Waals surface area contributed by atoms with E-state index < -0.39 is 11.8 Å². The number of hydrogen-bond acceptors (Lipinski definition) is 5. The summed E-state index contributed by atoms with van der Waals surface area (Å²) in [6.45, 7) is 2.21. The van der Waals surface area contributed by atoms with Crippen molar-refractivity contribution in [3.63, 3.8) is 0 Å². The van der Waals surface area contributed by atoms with Crippen molar-refractivity contribution < 1.29 is 13.2 Å². The van der Waals surface area contributed by atoms with E-state index in [1.165, 1.54) is 12.3 Å². The highest BCUT2D eigenvalue weighted by Crippen LogP contribution is 2.56. The minimum atomic E-state index is -2.70. The molecule has 2 saturated carbocycles. The summed E-state index contributed by atoms with van der Waals surface area (Å²) < 4.78 is 44.7. The maximum absolute atomic E-state index is 14.7. The van der Waals surface area contributed by atoms with Gasteiger partial charge in [-0.05, 0) is 61.6 Å². The third kappa shape index (κ3) is 3.78. The molecular weight excluding hydrogens is 489 g/mol. The van der Waals surface area contributed by atoms with Crippen LogP contribution in [0.3, 0.4) is 0 Å². The molecule has 2 aromatic heterocycles. The minimum Gasteiger partial charge on any atom is -0.355 e. The summed E-state index contributed by atoms with van der Waals surface area (Å²) in [6, 6.07) is 8.83. The van der Waals surface area contributed by atoms with E-state index in [1.807, 2.05) is 18.2 Å². The van der Waals surface area contributed by atoms with Gasteiger partial charge in [0.25, 0.3) is 5.92 Å². The van der Waals surface area contributed by atoms with Crippen LogP contribution in [0.25, 0.3) is 5.69 Å². The first-order valence-corrected chi connectivity index (χ1v) is 12.9. The fourth-order valence-corrected chi connectivity index (χ4v) is 6.50. The van der Waals surface area contributed by atoms with Crippen LogP contribution in [0.1, 0.15) is 48.8 Å². The molecule has 1 aromatic carbocycles. The van der Waals surface area contributed by atoms with E-state index in [0.717, 1.165) is 48.8 Å². The van der Waals surface area contributed by atoms with Gasteiger partial charge in [-0.1, -0.05) is 11.6 Å². The van der Waals surface area contributed by atoms with E-state index in [4.69, 9.17) is 11.6 Å². The first-order chi connectivity index (χ1) is 17.3. The summed E-state index contributed by atoms with van der Waals surface area (Å²) in [7, 11) is 0. The lowest BCUT2D eigenvalue weighted by molar-refractivity contribution is -0.0558. The van der Waals surface area contributed by atoms with Crippen molar-refractivity contribution in [2.75, 3.05) is 24.5 Å². The topological polar surface area (TPSA) is 50.1 Å². The third-order valence-corrected chi connectivity index (χ3v) is 8.45. The van der Waals surface area contributed by atoms with Gasteiger partial charge in [-0.3, -0.25) is 9.47 Å². The number of rotatable bonds is 5. The molecule has 0 bridgehead atoms. The van der Waals surface area contributed by atoms with Crippen molar-refractivity contribution in [1.82, 2.24) is 24.6 Å². The quantitative estimate of drug-likeness (QED) is 0.468. The number of alkyl halides is 2. The van der Waals surface area contributed by atoms with Crippen molar-refractivity contribution in [3.8, 4) is 5.69 Å². The van der Waals surface area contributed by atoms with Crippen molar-refractivity contribution in [1.29, 1.82) is 0 Å². The molecule has 0 N–H and O–H groups in total. The minimum absolute atomic E-state index is 0.207. The summed E-state index contributed by atoms with van der Waals surface area (Å²) in [5, 5.41) is 9.64. The van der Waals surface area contributed by atoms with Crippen LogP contribution in [0, 0.1) is 17.2 Å². The Kier molecular flexibility index (Phi) is 4.96. The largest absolute Gasteiger partial charge is 0.355 e. The number of pyridine rings is 1. The van der Waals surface area contributed by atoms with Gasteiger partial charge in [-0.25, -0.2) is 18.2 Å². The molecule has 4 aliphatic rings. The monoisotopic (exact) mass is 514 g/mol. The van der Waals surface area contributed by atoms with Crippen LogP contribution in [-0.4, -0.2) is 50.2 Å². The smallest absolute Gasteiger partial charge is 0.263 e. The molecule has 188 valence electrons. The van der Waals surface area contributed by atoms with E-state index in [2.05, 4.69) is 24.6 Å². The van der Waals surface area contributed by atoms with E-state index in [9.17, 15) is 13.2 Å². The molecule has 0 unspecified atom stereocenters. The summed E-state index contributed by atoms with van der Waals surface area (Å²) in [5.41, 5.74) is 2.05. The Hall–Kier alpha value is -2.65. The first kappa shape index (κ1) is 22.5. The molecule has 36 heavy (non-hydrogen) atoms. The number of anilines is 1. The van der Waals surface area contributed by atoms with Gasteiger partial charge in [0.05, 0.1) is 25.0 Å². The predicted molar refractivity (Wildman–Crippen MR) is 129 cm³/mol. The lowest BCUT2D eigenvalue weighted by Gasteiger charge is -2.59. The highest BCUT2D eigenvalue weighted by Gasteiger charge is 2.54. The number of fused-ring (bicyclic) bond motifs is 3. The Balaban J connectivity index is 1.12. The third-order valence-electron chi connectivity index (χ3n) is 8.22. The second-order valence-corrected chi connectivity index (χ2v) is 11.5. The van der Waals surface area contributed by atoms with Gasteiger partial charge in [0.15, 0.2) is 5.82 Å². The highest BCUT2D eigenvalue weighted by atomic mass is 35.5. The fourth-order valence-electron chi connectivity index (χ4n) is 6.31. The molecule has 2 aliphatic carbocycles. The van der Waals surface area contributed by atoms with E-state index in [0.29, 0.717) is 36.8 Å². The summed E-state index contributed by atoms with van der Waals surface area (Å²) in [5.74, 6) is -0.897. The van der Waals surface area contributed by atoms with Gasteiger partial charge in [0.2, 0.25) is 0 Å². The number of nitrogens with zero attached hydrogens (tertiary/aromatic N) is 6. The normalized spacial score (nSPS) is 21.5. The molecule has 6 nitrogen and oxygen atoms in total. The first-order valence-electron chi connectivity index (χ1n) is 12.5. The molecule has 1 saturated heterocycles. The highest BCUT2D eigenvalue weighted by molar-refractivity contribution is 6.30. The van der Waals surface area contributed by atoms with Gasteiger partial charge in [0, 0.05) is 41.9 Å². The van der Waals surface area contributed by atoms with Crippen LogP contribution in [0.4, 0.5) is 19.0 Å². The lowest BCUT2D eigenvalue weighted by Crippen LogP contribution is -2.62. The molecule has 1 spiro atoms. The Morgan fingerprint density at radius 3 is 2.58 bits per heavy atom. The number of hydrogen-bond donors (Lipinski definition) is 0. The van der Waals surface area contributed by atoms with Gasteiger partial charge in [-0.15, -0.1) is 10.2 Å². The molecule has 2 aliphatic heterocycles. The Morgan fingerprint density at radius 1 is 1.06 bits per heavy atom. The van der Waals surface area contributed by atoms with Crippen LogP contribution in [0.5, 0.6) is 0 Å².